The van der Waals surface area contributed by atoms with E-state index in [4.69, 9.17) is 5.11 Å². The zero-order valence-electron chi connectivity index (χ0n) is 19.5. The highest BCUT2D eigenvalue weighted by atomic mass is 32.2. The standard InChI is InChI=1S/C21H27FN10O3S/c22-18-2-1-16(15-17(18)21-25-27-28-26-21)36(34,35)32-11-9-31(10-12-32)20-4-3-19(23-24-20)30-7-5-29(6-8-30)13-14-33/h1-4,15,33H,5-14H2,(H,25,26,27,28). The Morgan fingerprint density at radius 1 is 0.889 bits per heavy atom. The third-order valence-electron chi connectivity index (χ3n) is 6.47. The number of nitrogens with one attached hydrogen (secondary N) is 1. The van der Waals surface area contributed by atoms with Crippen LogP contribution < -0.4 is 9.80 Å². The summed E-state index contributed by atoms with van der Waals surface area (Å²) in [6.07, 6.45) is 0. The van der Waals surface area contributed by atoms with Gasteiger partial charge in [-0.25, -0.2) is 12.8 Å². The van der Waals surface area contributed by atoms with Gasteiger partial charge in [0.25, 0.3) is 0 Å². The fourth-order valence-corrected chi connectivity index (χ4v) is 5.87. The van der Waals surface area contributed by atoms with Gasteiger partial charge in [-0.2, -0.15) is 9.52 Å². The van der Waals surface area contributed by atoms with Gasteiger partial charge >= 0.3 is 0 Å². The summed E-state index contributed by atoms with van der Waals surface area (Å²) >= 11 is 0. The van der Waals surface area contributed by atoms with Crippen molar-refractivity contribution in [1.29, 1.82) is 0 Å². The number of benzene rings is 1. The molecule has 2 aromatic heterocycles. The lowest BCUT2D eigenvalue weighted by Gasteiger charge is -2.36. The molecule has 0 atom stereocenters. The molecule has 13 nitrogen and oxygen atoms in total. The number of aliphatic hydroxyl groups is 1. The third-order valence-corrected chi connectivity index (χ3v) is 8.37. The van der Waals surface area contributed by atoms with Crippen LogP contribution in [-0.2, 0) is 10.0 Å². The van der Waals surface area contributed by atoms with E-state index in [1.807, 2.05) is 17.0 Å². The molecule has 36 heavy (non-hydrogen) atoms. The number of H-pyrrole nitrogens is 1. The molecule has 0 amide bonds. The van der Waals surface area contributed by atoms with Gasteiger partial charge in [-0.15, -0.1) is 20.4 Å². The number of hydrogen-bond donors (Lipinski definition) is 2. The number of β-amino-alcohol motifs (C(OH)–C–C–N with tert-alkyl or cyclic N) is 1. The molecular weight excluding hydrogens is 491 g/mol. The quantitative estimate of drug-likeness (QED) is 0.414. The maximum atomic E-state index is 14.2. The van der Waals surface area contributed by atoms with Crippen LogP contribution in [0.1, 0.15) is 0 Å². The second kappa shape index (κ2) is 10.4. The summed E-state index contributed by atoms with van der Waals surface area (Å²) in [6, 6.07) is 7.41. The van der Waals surface area contributed by atoms with Crippen LogP contribution >= 0.6 is 0 Å². The molecule has 192 valence electrons. The van der Waals surface area contributed by atoms with Gasteiger partial charge in [-0.1, -0.05) is 0 Å². The van der Waals surface area contributed by atoms with Crippen LogP contribution in [0.15, 0.2) is 35.2 Å². The van der Waals surface area contributed by atoms with E-state index in [2.05, 4.69) is 40.6 Å². The molecule has 0 spiro atoms. The summed E-state index contributed by atoms with van der Waals surface area (Å²) in [6.45, 7) is 5.63. The lowest BCUT2D eigenvalue weighted by Crippen LogP contribution is -2.49. The van der Waals surface area contributed by atoms with Crippen LogP contribution in [0.3, 0.4) is 0 Å². The van der Waals surface area contributed by atoms with Crippen LogP contribution in [0, 0.1) is 5.82 Å². The predicted molar refractivity (Wildman–Crippen MR) is 128 cm³/mol. The molecule has 0 saturated carbocycles. The molecular formula is C21H27FN10O3S. The monoisotopic (exact) mass is 518 g/mol. The van der Waals surface area contributed by atoms with E-state index in [-0.39, 0.29) is 36.0 Å². The van der Waals surface area contributed by atoms with Crippen molar-refractivity contribution in [3.05, 3.63) is 36.1 Å². The largest absolute Gasteiger partial charge is 0.395 e. The lowest BCUT2D eigenvalue weighted by molar-refractivity contribution is 0.188. The topological polar surface area (TPSA) is 148 Å². The molecule has 2 N–H and O–H groups in total. The van der Waals surface area contributed by atoms with Crippen LogP contribution in [0.2, 0.25) is 0 Å². The lowest BCUT2D eigenvalue weighted by atomic mass is 10.2. The Kier molecular flexibility index (Phi) is 7.04. The van der Waals surface area contributed by atoms with Gasteiger partial charge in [0, 0.05) is 58.9 Å². The smallest absolute Gasteiger partial charge is 0.243 e. The van der Waals surface area contributed by atoms with E-state index in [0.29, 0.717) is 25.5 Å². The maximum Gasteiger partial charge on any atom is 0.243 e. The van der Waals surface area contributed by atoms with E-state index < -0.39 is 15.8 Å². The summed E-state index contributed by atoms with van der Waals surface area (Å²) in [5, 5.41) is 31.0. The molecule has 0 bridgehead atoms. The third kappa shape index (κ3) is 5.00. The second-order valence-corrected chi connectivity index (χ2v) is 10.5. The summed E-state index contributed by atoms with van der Waals surface area (Å²) in [5.74, 6) is 0.853. The molecule has 1 aromatic carbocycles. The molecule has 2 fully saturated rings. The number of rotatable bonds is 7. The normalized spacial score (nSPS) is 18.1. The number of aromatic amines is 1. The zero-order valence-corrected chi connectivity index (χ0v) is 20.3. The minimum absolute atomic E-state index is 0.0107. The Balaban J connectivity index is 1.21. The first-order valence-electron chi connectivity index (χ1n) is 11.7. The fourth-order valence-electron chi connectivity index (χ4n) is 4.42. The molecule has 2 saturated heterocycles. The van der Waals surface area contributed by atoms with Crippen LogP contribution in [0.5, 0.6) is 0 Å². The number of aromatic nitrogens is 6. The minimum atomic E-state index is -3.84. The number of hydrogen-bond acceptors (Lipinski definition) is 11. The highest BCUT2D eigenvalue weighted by Crippen LogP contribution is 2.26. The molecule has 2 aliphatic rings. The summed E-state index contributed by atoms with van der Waals surface area (Å²) in [4.78, 5) is 6.35. The van der Waals surface area contributed by atoms with Crippen molar-refractivity contribution >= 4 is 21.7 Å². The van der Waals surface area contributed by atoms with Gasteiger partial charge < -0.3 is 14.9 Å². The van der Waals surface area contributed by atoms with Crippen LogP contribution in [0.25, 0.3) is 11.4 Å². The molecule has 0 radical (unpaired) electrons. The zero-order chi connectivity index (χ0) is 25.1. The number of tetrazole rings is 1. The second-order valence-electron chi connectivity index (χ2n) is 8.57. The Labute approximate surface area is 207 Å². The summed E-state index contributed by atoms with van der Waals surface area (Å²) in [5.41, 5.74) is -0.0337. The summed E-state index contributed by atoms with van der Waals surface area (Å²) < 4.78 is 42.0. The number of nitrogens with zero attached hydrogens (tertiary/aromatic N) is 9. The molecule has 3 aromatic rings. The van der Waals surface area contributed by atoms with Crippen LogP contribution in [-0.4, -0.2) is 119 Å². The van der Waals surface area contributed by atoms with Gasteiger partial charge in [-0.05, 0) is 35.5 Å². The highest BCUT2D eigenvalue weighted by Gasteiger charge is 2.30. The summed E-state index contributed by atoms with van der Waals surface area (Å²) in [7, 11) is -3.84. The minimum Gasteiger partial charge on any atom is -0.395 e. The van der Waals surface area contributed by atoms with Gasteiger partial charge in [0.1, 0.15) is 5.82 Å². The number of sulfonamides is 1. The highest BCUT2D eigenvalue weighted by molar-refractivity contribution is 7.89. The van der Waals surface area contributed by atoms with E-state index in [0.717, 1.165) is 38.1 Å². The van der Waals surface area contributed by atoms with Crippen molar-refractivity contribution in [1.82, 2.24) is 40.0 Å². The van der Waals surface area contributed by atoms with E-state index in [1.165, 1.54) is 16.4 Å². The van der Waals surface area contributed by atoms with E-state index in [9.17, 15) is 12.8 Å². The first kappa shape index (κ1) is 24.4. The van der Waals surface area contributed by atoms with Gasteiger partial charge in [0.05, 0.1) is 17.1 Å². The first-order valence-corrected chi connectivity index (χ1v) is 13.1. The van der Waals surface area contributed by atoms with Crippen LogP contribution in [0.4, 0.5) is 16.0 Å². The number of aliphatic hydroxyl groups excluding tert-OH is 1. The molecule has 2 aliphatic heterocycles. The number of halogens is 1. The fraction of sp³-hybridized carbons (Fsp3) is 0.476. The van der Waals surface area contributed by atoms with Gasteiger partial charge in [-0.3, -0.25) is 4.90 Å². The van der Waals surface area contributed by atoms with Crippen molar-refractivity contribution in [3.8, 4) is 11.4 Å². The molecule has 4 heterocycles. The van der Waals surface area contributed by atoms with Crippen molar-refractivity contribution < 1.29 is 17.9 Å². The number of piperazine rings is 2. The van der Waals surface area contributed by atoms with E-state index in [1.54, 1.807) is 0 Å². The van der Waals surface area contributed by atoms with Crippen molar-refractivity contribution in [2.45, 2.75) is 4.90 Å². The molecule has 0 aliphatic carbocycles. The average molecular weight is 519 g/mol. The van der Waals surface area contributed by atoms with Crippen molar-refractivity contribution in [3.63, 3.8) is 0 Å². The predicted octanol–water partition coefficient (Wildman–Crippen LogP) is -0.579. The number of anilines is 2. The average Bonchev–Trinajstić information content (AvgIpc) is 3.45. The van der Waals surface area contributed by atoms with Gasteiger partial charge in [0.2, 0.25) is 15.8 Å². The molecule has 5 rings (SSSR count). The van der Waals surface area contributed by atoms with E-state index >= 15 is 0 Å². The van der Waals surface area contributed by atoms with Crippen molar-refractivity contribution in [2.24, 2.45) is 0 Å². The first-order chi connectivity index (χ1) is 17.5. The Morgan fingerprint density at radius 3 is 2.08 bits per heavy atom. The maximum absolute atomic E-state index is 14.2. The van der Waals surface area contributed by atoms with Crippen molar-refractivity contribution in [2.75, 3.05) is 75.3 Å². The SMILES string of the molecule is O=S(=O)(c1ccc(F)c(-c2nn[nH]n2)c1)N1CCN(c2ccc(N3CCN(CCO)CC3)nn2)CC1. The Morgan fingerprint density at radius 2 is 1.53 bits per heavy atom. The van der Waals surface area contributed by atoms with Gasteiger partial charge in [0.15, 0.2) is 11.6 Å². The molecule has 15 heteroatoms. The molecule has 0 unspecified atom stereocenters. The Hall–Kier alpha value is -3.27. The Bertz CT molecular complexity index is 1260.